The molecular formula is C22H25N3O2. The second-order valence-corrected chi connectivity index (χ2v) is 7.24. The molecule has 3 rings (SSSR count). The second kappa shape index (κ2) is 8.70. The van der Waals surface area contributed by atoms with Gasteiger partial charge in [0.1, 0.15) is 5.69 Å². The van der Waals surface area contributed by atoms with Gasteiger partial charge >= 0.3 is 0 Å². The van der Waals surface area contributed by atoms with Crippen molar-refractivity contribution in [1.82, 2.24) is 4.90 Å². The number of nitrogens with two attached hydrogens (primary N) is 1. The topological polar surface area (TPSA) is 72.4 Å². The Labute approximate surface area is 160 Å². The van der Waals surface area contributed by atoms with Gasteiger partial charge in [-0.25, -0.2) is 0 Å². The van der Waals surface area contributed by atoms with Crippen LogP contribution >= 0.6 is 0 Å². The first-order valence-electron chi connectivity index (χ1n) is 9.32. The van der Waals surface area contributed by atoms with E-state index in [0.29, 0.717) is 12.1 Å². The third kappa shape index (κ3) is 5.32. The molecule has 2 aromatic rings. The summed E-state index contributed by atoms with van der Waals surface area (Å²) in [4.78, 5) is 12.8. The molecule has 1 aliphatic heterocycles. The molecule has 1 saturated heterocycles. The van der Waals surface area contributed by atoms with Gasteiger partial charge in [0.2, 0.25) is 0 Å². The Kier molecular flexibility index (Phi) is 6.10. The van der Waals surface area contributed by atoms with Gasteiger partial charge in [0, 0.05) is 11.6 Å². The van der Waals surface area contributed by atoms with Crippen LogP contribution in [0.15, 0.2) is 42.5 Å². The first-order valence-corrected chi connectivity index (χ1v) is 9.32. The number of rotatable bonds is 4. The van der Waals surface area contributed by atoms with Gasteiger partial charge < -0.3 is 5.73 Å². The zero-order chi connectivity index (χ0) is 19.2. The maximum atomic E-state index is 10.9. The number of likely N-dealkylation sites (tertiary alicyclic amines) is 1. The molecule has 27 heavy (non-hydrogen) atoms. The van der Waals surface area contributed by atoms with Crippen molar-refractivity contribution in [2.75, 3.05) is 25.4 Å². The number of piperidine rings is 1. The lowest BCUT2D eigenvalue weighted by molar-refractivity contribution is -0.383. The molecule has 2 aromatic carbocycles. The van der Waals surface area contributed by atoms with Crippen molar-refractivity contribution >= 4 is 11.4 Å². The fraction of sp³-hybridized carbons (Fsp3) is 0.364. The smallest absolute Gasteiger partial charge is 0.293 e. The molecule has 1 fully saturated rings. The molecule has 1 aliphatic rings. The average Bonchev–Trinajstić information content (AvgIpc) is 2.66. The van der Waals surface area contributed by atoms with Crippen LogP contribution in [0.5, 0.6) is 0 Å². The van der Waals surface area contributed by atoms with Gasteiger partial charge in [0.05, 0.1) is 11.5 Å². The van der Waals surface area contributed by atoms with Crippen LogP contribution in [0.4, 0.5) is 11.4 Å². The third-order valence-corrected chi connectivity index (χ3v) is 5.11. The van der Waals surface area contributed by atoms with Gasteiger partial charge in [0.15, 0.2) is 0 Å². The number of nitro groups is 1. The number of nitrogens with zero attached hydrogens (tertiary/aromatic N) is 2. The summed E-state index contributed by atoms with van der Waals surface area (Å²) in [5, 5.41) is 10.9. The fourth-order valence-corrected chi connectivity index (χ4v) is 3.44. The summed E-state index contributed by atoms with van der Waals surface area (Å²) in [5.41, 5.74) is 9.05. The Morgan fingerprint density at radius 3 is 2.56 bits per heavy atom. The first-order chi connectivity index (χ1) is 13.0. The van der Waals surface area contributed by atoms with Crippen LogP contribution in [0.25, 0.3) is 0 Å². The molecule has 5 nitrogen and oxygen atoms in total. The number of hydrogen-bond acceptors (Lipinski definition) is 4. The van der Waals surface area contributed by atoms with Gasteiger partial charge in [-0.05, 0) is 62.9 Å². The highest BCUT2D eigenvalue weighted by atomic mass is 16.6. The SMILES string of the molecule is Cc1ccc(CC2CCN(CC#Cc3ccc(N)c([N+](=O)[O-])c3)CC2)cc1. The van der Waals surface area contributed by atoms with E-state index in [9.17, 15) is 10.1 Å². The highest BCUT2D eigenvalue weighted by molar-refractivity contribution is 5.61. The number of nitro benzene ring substituents is 1. The van der Waals surface area contributed by atoms with E-state index in [1.807, 2.05) is 0 Å². The summed E-state index contributed by atoms with van der Waals surface area (Å²) in [5.74, 6) is 6.89. The van der Waals surface area contributed by atoms with Crippen LogP contribution in [0.2, 0.25) is 0 Å². The van der Waals surface area contributed by atoms with Gasteiger partial charge in [-0.2, -0.15) is 0 Å². The lowest BCUT2D eigenvalue weighted by Gasteiger charge is -2.30. The van der Waals surface area contributed by atoms with Gasteiger partial charge in [-0.15, -0.1) is 0 Å². The Hall–Kier alpha value is -2.84. The quantitative estimate of drug-likeness (QED) is 0.388. The Morgan fingerprint density at radius 1 is 1.19 bits per heavy atom. The van der Waals surface area contributed by atoms with Gasteiger partial charge in [-0.1, -0.05) is 41.7 Å². The number of aryl methyl sites for hydroxylation is 1. The first kappa shape index (κ1) is 18.9. The highest BCUT2D eigenvalue weighted by Crippen LogP contribution is 2.23. The van der Waals surface area contributed by atoms with Crippen LogP contribution in [0.3, 0.4) is 0 Å². The van der Waals surface area contributed by atoms with E-state index in [1.165, 1.54) is 30.0 Å². The maximum Gasteiger partial charge on any atom is 0.293 e. The maximum absolute atomic E-state index is 10.9. The van der Waals surface area contributed by atoms with Crippen LogP contribution < -0.4 is 5.73 Å². The molecule has 140 valence electrons. The van der Waals surface area contributed by atoms with Crippen molar-refractivity contribution in [2.45, 2.75) is 26.2 Å². The Balaban J connectivity index is 1.49. The zero-order valence-electron chi connectivity index (χ0n) is 15.6. The fourth-order valence-electron chi connectivity index (χ4n) is 3.44. The average molecular weight is 363 g/mol. The molecule has 0 unspecified atom stereocenters. The predicted octanol–water partition coefficient (Wildman–Crippen LogP) is 3.79. The van der Waals surface area contributed by atoms with Crippen molar-refractivity contribution in [3.8, 4) is 11.8 Å². The molecule has 0 atom stereocenters. The summed E-state index contributed by atoms with van der Waals surface area (Å²) >= 11 is 0. The van der Waals surface area contributed by atoms with Crippen LogP contribution in [0.1, 0.15) is 29.5 Å². The van der Waals surface area contributed by atoms with Crippen LogP contribution in [0, 0.1) is 34.8 Å². The largest absolute Gasteiger partial charge is 0.393 e. The normalized spacial score (nSPS) is 15.1. The van der Waals surface area contributed by atoms with Crippen molar-refractivity contribution in [1.29, 1.82) is 0 Å². The molecule has 0 aliphatic carbocycles. The van der Waals surface area contributed by atoms with E-state index >= 15 is 0 Å². The standard InChI is InChI=1S/C22H25N3O2/c1-17-4-6-19(7-5-17)15-20-10-13-24(14-11-20)12-2-3-18-8-9-21(23)22(16-18)25(26)27/h4-9,16,20H,10-15,23H2,1H3. The molecule has 0 saturated carbocycles. The van der Waals surface area contributed by atoms with Crippen molar-refractivity contribution < 1.29 is 4.92 Å². The minimum absolute atomic E-state index is 0.0845. The van der Waals surface area contributed by atoms with E-state index in [0.717, 1.165) is 25.4 Å². The van der Waals surface area contributed by atoms with E-state index < -0.39 is 4.92 Å². The summed E-state index contributed by atoms with van der Waals surface area (Å²) in [6, 6.07) is 13.5. The summed E-state index contributed by atoms with van der Waals surface area (Å²) in [6.45, 7) is 4.90. The molecule has 0 bridgehead atoms. The molecule has 0 aromatic heterocycles. The third-order valence-electron chi connectivity index (χ3n) is 5.11. The van der Waals surface area contributed by atoms with E-state index in [1.54, 1.807) is 12.1 Å². The van der Waals surface area contributed by atoms with Gasteiger partial charge in [0.25, 0.3) is 5.69 Å². The Morgan fingerprint density at radius 2 is 1.89 bits per heavy atom. The van der Waals surface area contributed by atoms with E-state index in [2.05, 4.69) is 47.9 Å². The van der Waals surface area contributed by atoms with Crippen molar-refractivity contribution in [3.05, 3.63) is 69.3 Å². The summed E-state index contributed by atoms with van der Waals surface area (Å²) in [6.07, 6.45) is 3.51. The molecule has 1 heterocycles. The Bertz CT molecular complexity index is 857. The summed E-state index contributed by atoms with van der Waals surface area (Å²) < 4.78 is 0. The lowest BCUT2D eigenvalue weighted by Crippen LogP contribution is -2.34. The lowest BCUT2D eigenvalue weighted by atomic mass is 9.90. The number of anilines is 1. The van der Waals surface area contributed by atoms with Crippen LogP contribution in [-0.2, 0) is 6.42 Å². The molecule has 0 spiro atoms. The van der Waals surface area contributed by atoms with E-state index in [-0.39, 0.29) is 11.4 Å². The second-order valence-electron chi connectivity index (χ2n) is 7.24. The minimum atomic E-state index is -0.473. The number of benzene rings is 2. The van der Waals surface area contributed by atoms with Gasteiger partial charge in [-0.3, -0.25) is 15.0 Å². The number of nitrogen functional groups attached to an aromatic ring is 1. The molecule has 0 radical (unpaired) electrons. The molecule has 5 heteroatoms. The monoisotopic (exact) mass is 363 g/mol. The minimum Gasteiger partial charge on any atom is -0.393 e. The van der Waals surface area contributed by atoms with Crippen molar-refractivity contribution in [3.63, 3.8) is 0 Å². The van der Waals surface area contributed by atoms with E-state index in [4.69, 9.17) is 5.73 Å². The summed E-state index contributed by atoms with van der Waals surface area (Å²) in [7, 11) is 0. The van der Waals surface area contributed by atoms with Crippen molar-refractivity contribution in [2.24, 2.45) is 5.92 Å². The number of hydrogen-bond donors (Lipinski definition) is 1. The molecule has 0 amide bonds. The molecular weight excluding hydrogens is 338 g/mol. The van der Waals surface area contributed by atoms with Crippen LogP contribution in [-0.4, -0.2) is 29.5 Å². The zero-order valence-corrected chi connectivity index (χ0v) is 15.6. The molecule has 2 N–H and O–H groups in total. The predicted molar refractivity (Wildman–Crippen MR) is 108 cm³/mol. The highest BCUT2D eigenvalue weighted by Gasteiger charge is 2.18.